The van der Waals surface area contributed by atoms with Crippen LogP contribution in [-0.4, -0.2) is 139 Å². The fourth-order valence-corrected chi connectivity index (χ4v) is 15.6. The Kier molecular flexibility index (Phi) is 17.2. The van der Waals surface area contributed by atoms with Gasteiger partial charge in [-0.25, -0.2) is 28.6 Å². The van der Waals surface area contributed by atoms with Crippen molar-refractivity contribution in [3.63, 3.8) is 0 Å². The van der Waals surface area contributed by atoms with Gasteiger partial charge in [0.05, 0.1) is 31.1 Å². The van der Waals surface area contributed by atoms with Crippen molar-refractivity contribution in [2.45, 2.75) is 129 Å². The molecule has 0 radical (unpaired) electrons. The number of anilines is 1. The van der Waals surface area contributed by atoms with Crippen LogP contribution in [0.25, 0.3) is 11.2 Å². The van der Waals surface area contributed by atoms with Gasteiger partial charge in [0.25, 0.3) is 0 Å². The summed E-state index contributed by atoms with van der Waals surface area (Å²) >= 11 is 1.04. The average molecular weight is 1110 g/mol. The molecule has 0 aromatic carbocycles. The van der Waals surface area contributed by atoms with Gasteiger partial charge in [-0.05, 0) is 74.2 Å². The van der Waals surface area contributed by atoms with Gasteiger partial charge in [0, 0.05) is 42.5 Å². The number of allylic oxidation sites excluding steroid dienone is 1. The highest BCUT2D eigenvalue weighted by Gasteiger charge is 2.66. The summed E-state index contributed by atoms with van der Waals surface area (Å²) in [6, 6.07) is 0. The zero-order valence-electron chi connectivity index (χ0n) is 41.0. The minimum Gasteiger partial charge on any atom is -0.389 e. The molecule has 4 aliphatic carbocycles. The Balaban J connectivity index is 0.811. The number of phosphoric ester groups is 3. The first-order valence-electron chi connectivity index (χ1n) is 23.9. The Morgan fingerprint density at radius 3 is 2.40 bits per heavy atom. The van der Waals surface area contributed by atoms with Crippen LogP contribution >= 0.6 is 35.2 Å². The van der Waals surface area contributed by atoms with Crippen molar-refractivity contribution >= 4 is 74.9 Å². The number of hydrogen-bond donors (Lipinski definition) is 10. The first kappa shape index (κ1) is 57.6. The molecule has 4 fully saturated rings. The Bertz CT molecular complexity index is 2620. The van der Waals surface area contributed by atoms with Crippen LogP contribution in [0.15, 0.2) is 24.3 Å². The van der Waals surface area contributed by atoms with Gasteiger partial charge < -0.3 is 56.0 Å². The molecule has 2 amide bonds. The molecule has 0 bridgehead atoms. The zero-order chi connectivity index (χ0) is 53.7. The van der Waals surface area contributed by atoms with E-state index >= 15 is 0 Å². The van der Waals surface area contributed by atoms with E-state index in [1.807, 2.05) is 6.08 Å². The third-order valence-corrected chi connectivity index (χ3v) is 20.1. The molecule has 3 saturated carbocycles. The summed E-state index contributed by atoms with van der Waals surface area (Å²) in [6.45, 7) is 6.59. The van der Waals surface area contributed by atoms with Crippen molar-refractivity contribution in [3.8, 4) is 0 Å². The molecule has 3 heterocycles. The first-order chi connectivity index (χ1) is 33.9. The number of nitrogens with one attached hydrogen (secondary N) is 2. The topological polar surface area (TPSA) is 401 Å². The van der Waals surface area contributed by atoms with E-state index in [2.05, 4.69) is 48.3 Å². The number of aromatic nitrogens is 4. The summed E-state index contributed by atoms with van der Waals surface area (Å²) in [5.41, 5.74) is 3.91. The zero-order valence-corrected chi connectivity index (χ0v) is 44.5. The number of amides is 2. The summed E-state index contributed by atoms with van der Waals surface area (Å²) in [6.07, 6.45) is 1.25. The molecule has 26 nitrogen and oxygen atoms in total. The quantitative estimate of drug-likeness (QED) is 0.0634. The number of fused-ring (bicyclic) bond motifs is 6. The summed E-state index contributed by atoms with van der Waals surface area (Å²) in [4.78, 5) is 103. The molecule has 2 aromatic rings. The SMILES string of the molecule is C[C@H](C(=O)SCCNC(=O)CCNC(=O)[C@H](O)C(C)(C)COP(=O)(O)OP(=O)(O)OC[C@H]1O[C@@H](n2cnc3c(N)ncnc32)[C@H](O)[C@@H]1OP(=O)(O)O)[C@@]1(O)CC[C@H]2[C@@H]3CCC4=CC(=O)CC[C@]4(C)[C@H]3CC[C@@]21C. The molecule has 1 saturated heterocycles. The Morgan fingerprint density at radius 2 is 1.68 bits per heavy atom. The molecular formula is C43H66N7O19P3S. The molecule has 408 valence electrons. The Morgan fingerprint density at radius 1 is 0.986 bits per heavy atom. The molecule has 1 aliphatic heterocycles. The van der Waals surface area contributed by atoms with E-state index < -0.39 is 101 Å². The second kappa shape index (κ2) is 21.8. The second-order valence-corrected chi connectivity index (χ2v) is 26.2. The maximum atomic E-state index is 13.6. The van der Waals surface area contributed by atoms with E-state index in [4.69, 9.17) is 19.5 Å². The lowest BCUT2D eigenvalue weighted by molar-refractivity contribution is -0.158. The molecule has 0 spiro atoms. The Labute approximate surface area is 424 Å². The van der Waals surface area contributed by atoms with E-state index in [1.165, 1.54) is 19.4 Å². The molecule has 14 atom stereocenters. The molecule has 7 rings (SSSR count). The number of hydrogen-bond acceptors (Lipinski definition) is 20. The predicted molar refractivity (Wildman–Crippen MR) is 258 cm³/mol. The monoisotopic (exact) mass is 1110 g/mol. The van der Waals surface area contributed by atoms with Crippen LogP contribution in [0.1, 0.15) is 98.6 Å². The lowest BCUT2D eigenvalue weighted by atomic mass is 9.46. The van der Waals surface area contributed by atoms with Crippen molar-refractivity contribution in [1.82, 2.24) is 30.2 Å². The molecule has 2 unspecified atom stereocenters. The highest BCUT2D eigenvalue weighted by atomic mass is 32.2. The highest BCUT2D eigenvalue weighted by molar-refractivity contribution is 8.13. The fraction of sp³-hybridized carbons (Fsp3) is 0.744. The molecule has 11 N–H and O–H groups in total. The number of aliphatic hydroxyl groups excluding tert-OH is 2. The van der Waals surface area contributed by atoms with Crippen molar-refractivity contribution in [1.29, 1.82) is 0 Å². The summed E-state index contributed by atoms with van der Waals surface area (Å²) in [5.74, 6) is -0.563. The van der Waals surface area contributed by atoms with Crippen LogP contribution in [0.3, 0.4) is 0 Å². The second-order valence-electron chi connectivity index (χ2n) is 20.8. The van der Waals surface area contributed by atoms with Crippen molar-refractivity contribution in [2.24, 2.45) is 39.9 Å². The maximum Gasteiger partial charge on any atom is 0.481 e. The number of ketones is 1. The largest absolute Gasteiger partial charge is 0.481 e. The molecule has 30 heteroatoms. The Hall–Kier alpha value is -3.07. The number of thioether (sulfide) groups is 1. The minimum atomic E-state index is -5.61. The molecular weight excluding hydrogens is 1040 g/mol. The average Bonchev–Trinajstić information content (AvgIpc) is 3.96. The number of ether oxygens (including phenoxy) is 1. The number of nitrogen functional groups attached to an aromatic ring is 1. The normalized spacial score (nSPS) is 32.8. The number of phosphoric acid groups is 3. The van der Waals surface area contributed by atoms with E-state index in [-0.39, 0.29) is 64.5 Å². The number of carbonyl (C=O) groups excluding carboxylic acids is 4. The predicted octanol–water partition coefficient (Wildman–Crippen LogP) is 2.56. The van der Waals surface area contributed by atoms with E-state index in [0.717, 1.165) is 67.5 Å². The van der Waals surface area contributed by atoms with Gasteiger partial charge >= 0.3 is 23.5 Å². The van der Waals surface area contributed by atoms with E-state index in [0.29, 0.717) is 24.7 Å². The minimum absolute atomic E-state index is 0.00130. The van der Waals surface area contributed by atoms with Gasteiger partial charge in [-0.3, -0.25) is 37.3 Å². The summed E-state index contributed by atoms with van der Waals surface area (Å²) in [5, 5.41) is 38.9. The molecule has 73 heavy (non-hydrogen) atoms. The van der Waals surface area contributed by atoms with Crippen LogP contribution < -0.4 is 16.4 Å². The van der Waals surface area contributed by atoms with Crippen molar-refractivity contribution < 1.29 is 90.4 Å². The fourth-order valence-electron chi connectivity index (χ4n) is 11.9. The number of rotatable bonds is 21. The number of nitrogens with two attached hydrogens (primary N) is 1. The van der Waals surface area contributed by atoms with Gasteiger partial charge in [0.2, 0.25) is 11.8 Å². The van der Waals surface area contributed by atoms with Gasteiger partial charge in [-0.2, -0.15) is 4.31 Å². The van der Waals surface area contributed by atoms with Gasteiger partial charge in [-0.1, -0.05) is 52.0 Å². The van der Waals surface area contributed by atoms with Crippen LogP contribution in [0.5, 0.6) is 0 Å². The van der Waals surface area contributed by atoms with Crippen molar-refractivity contribution in [2.75, 3.05) is 37.8 Å². The number of carbonyl (C=O) groups is 4. The third kappa shape index (κ3) is 12.2. The van der Waals surface area contributed by atoms with Gasteiger partial charge in [-0.15, -0.1) is 0 Å². The van der Waals surface area contributed by atoms with Crippen LogP contribution in [0.4, 0.5) is 5.82 Å². The smallest absolute Gasteiger partial charge is 0.389 e. The lowest BCUT2D eigenvalue weighted by Crippen LogP contribution is -2.57. The van der Waals surface area contributed by atoms with Gasteiger partial charge in [0.15, 0.2) is 28.6 Å². The maximum absolute atomic E-state index is 13.6. The van der Waals surface area contributed by atoms with Crippen LogP contribution in [-0.2, 0) is 55.5 Å². The number of imidazole rings is 1. The van der Waals surface area contributed by atoms with E-state index in [9.17, 15) is 67.8 Å². The molecule has 5 aliphatic rings. The standard InChI is InChI=1S/C43H66N7O19P3S/c1-23(43(57)14-10-28-26-7-6-24-18-25(51)8-12-41(24,4)27(26)9-13-42(28,43)5)39(56)73-17-16-45-30(52)11-15-46-37(55)34(54)40(2,3)20-66-72(63,64)69-71(61,62)65-19-29-33(68-70(58,59)60)32(53)38(67-29)50-22-49-31-35(44)47-21-48-36(31)50/h18,21-23,26-29,32-34,38,53-54,57H,6-17,19-20H2,1-5H3,(H,45,52)(H,46,55)(H,61,62)(H,63,64)(H2,44,47,48)(H2,58,59,60)/t23-,26-,27+,28+,29-,32-,33-,34+,38-,41+,42+,43+/m1/s1. The number of nitrogens with zero attached hydrogens (tertiary/aromatic N) is 4. The third-order valence-electron chi connectivity index (χ3n) is 16.0. The summed E-state index contributed by atoms with van der Waals surface area (Å²) < 4.78 is 62.7. The number of aliphatic hydroxyl groups is 3. The van der Waals surface area contributed by atoms with Gasteiger partial charge in [0.1, 0.15) is 36.3 Å². The van der Waals surface area contributed by atoms with Crippen LogP contribution in [0.2, 0.25) is 0 Å². The summed E-state index contributed by atoms with van der Waals surface area (Å²) in [7, 11) is -16.5. The first-order valence-corrected chi connectivity index (χ1v) is 29.4. The van der Waals surface area contributed by atoms with Crippen molar-refractivity contribution in [3.05, 3.63) is 24.3 Å². The van der Waals surface area contributed by atoms with E-state index in [1.54, 1.807) is 6.92 Å². The molecule has 2 aromatic heterocycles. The van der Waals surface area contributed by atoms with Crippen LogP contribution in [0, 0.1) is 39.9 Å². The lowest BCUT2D eigenvalue weighted by Gasteiger charge is -2.59. The highest BCUT2D eigenvalue weighted by Crippen LogP contribution is 2.69.